The second-order valence-corrected chi connectivity index (χ2v) is 6.51. The van der Waals surface area contributed by atoms with Crippen LogP contribution in [-0.2, 0) is 6.18 Å². The minimum absolute atomic E-state index is 0.0509. The topological polar surface area (TPSA) is 30.7 Å². The van der Waals surface area contributed by atoms with Gasteiger partial charge in [0.2, 0.25) is 0 Å². The minimum Gasteiger partial charge on any atom is -0.292 e. The Balaban J connectivity index is 2.07. The van der Waals surface area contributed by atoms with E-state index in [0.29, 0.717) is 11.3 Å². The van der Waals surface area contributed by atoms with E-state index < -0.39 is 11.7 Å². The summed E-state index contributed by atoms with van der Waals surface area (Å²) < 4.78 is 42.5. The van der Waals surface area contributed by atoms with Gasteiger partial charge in [0.15, 0.2) is 0 Å². The lowest BCUT2D eigenvalue weighted by Crippen LogP contribution is -2.13. The first-order valence-electron chi connectivity index (χ1n) is 8.29. The van der Waals surface area contributed by atoms with Crippen LogP contribution in [0.15, 0.2) is 54.9 Å². The second kappa shape index (κ2) is 5.83. The summed E-state index contributed by atoms with van der Waals surface area (Å²) in [6, 6.07) is 12.5. The number of pyridine rings is 2. The Labute approximate surface area is 148 Å². The molecular weight excluding hydrogens is 339 g/mol. The molecule has 0 N–H and O–H groups in total. The highest BCUT2D eigenvalue weighted by Crippen LogP contribution is 2.37. The molecule has 4 aromatic rings. The van der Waals surface area contributed by atoms with Crippen molar-refractivity contribution in [3.05, 3.63) is 66.1 Å². The molecule has 26 heavy (non-hydrogen) atoms. The lowest BCUT2D eigenvalue weighted by Gasteiger charge is -2.16. The van der Waals surface area contributed by atoms with Gasteiger partial charge in [0, 0.05) is 17.0 Å². The highest BCUT2D eigenvalue weighted by molar-refractivity contribution is 6.07. The van der Waals surface area contributed by atoms with E-state index in [2.05, 4.69) is 9.97 Å². The molecule has 1 aromatic carbocycles. The molecule has 0 aliphatic carbocycles. The maximum atomic E-state index is 13.6. The van der Waals surface area contributed by atoms with Gasteiger partial charge in [-0.3, -0.25) is 9.55 Å². The predicted molar refractivity (Wildman–Crippen MR) is 95.5 cm³/mol. The summed E-state index contributed by atoms with van der Waals surface area (Å²) in [5.74, 6) is -0.322. The Morgan fingerprint density at radius 3 is 2.42 bits per heavy atom. The number of aromatic nitrogens is 3. The minimum atomic E-state index is -4.46. The van der Waals surface area contributed by atoms with Crippen molar-refractivity contribution in [2.45, 2.75) is 25.9 Å². The summed E-state index contributed by atoms with van der Waals surface area (Å²) in [5.41, 5.74) is 1.11. The number of hydrogen-bond acceptors (Lipinski definition) is 2. The van der Waals surface area contributed by atoms with Crippen LogP contribution in [0.2, 0.25) is 0 Å². The van der Waals surface area contributed by atoms with Gasteiger partial charge < -0.3 is 0 Å². The van der Waals surface area contributed by atoms with Crippen LogP contribution < -0.4 is 0 Å². The molecule has 6 heteroatoms. The zero-order valence-corrected chi connectivity index (χ0v) is 14.2. The van der Waals surface area contributed by atoms with Gasteiger partial charge in [0.05, 0.1) is 28.7 Å². The van der Waals surface area contributed by atoms with Gasteiger partial charge in [0.25, 0.3) is 0 Å². The highest BCUT2D eigenvalue weighted by Gasteiger charge is 2.35. The molecule has 0 aliphatic heterocycles. The van der Waals surface area contributed by atoms with Crippen LogP contribution in [0.4, 0.5) is 13.2 Å². The third-order valence-electron chi connectivity index (χ3n) is 4.45. The number of benzene rings is 1. The van der Waals surface area contributed by atoms with E-state index in [-0.39, 0.29) is 11.6 Å². The molecule has 0 fully saturated rings. The van der Waals surface area contributed by atoms with Crippen molar-refractivity contribution in [2.75, 3.05) is 0 Å². The predicted octanol–water partition coefficient (Wildman–Crippen LogP) is 5.72. The molecule has 0 bridgehead atoms. The fraction of sp³-hybridized carbons (Fsp3) is 0.200. The Morgan fingerprint density at radius 1 is 0.962 bits per heavy atom. The number of rotatable bonds is 2. The average Bonchev–Trinajstić information content (AvgIpc) is 2.95. The number of nitrogens with zero attached hydrogens (tertiary/aromatic N) is 3. The fourth-order valence-corrected chi connectivity index (χ4v) is 3.33. The second-order valence-electron chi connectivity index (χ2n) is 6.51. The molecule has 0 radical (unpaired) electrons. The van der Waals surface area contributed by atoms with Crippen molar-refractivity contribution in [2.24, 2.45) is 0 Å². The van der Waals surface area contributed by atoms with E-state index in [1.54, 1.807) is 24.6 Å². The van der Waals surface area contributed by atoms with Crippen LogP contribution >= 0.6 is 0 Å². The first-order chi connectivity index (χ1) is 12.4. The molecular formula is C20H16F3N3. The summed E-state index contributed by atoms with van der Waals surface area (Å²) in [6.45, 7) is 3.42. The van der Waals surface area contributed by atoms with Crippen molar-refractivity contribution in [3.63, 3.8) is 0 Å². The molecule has 0 atom stereocenters. The van der Waals surface area contributed by atoms with Crippen molar-refractivity contribution >= 4 is 21.9 Å². The van der Waals surface area contributed by atoms with Crippen LogP contribution in [0.25, 0.3) is 27.6 Å². The maximum Gasteiger partial charge on any atom is 0.418 e. The Morgan fingerprint density at radius 2 is 1.69 bits per heavy atom. The molecule has 0 saturated heterocycles. The summed E-state index contributed by atoms with van der Waals surface area (Å²) in [7, 11) is 0. The number of para-hydroxylation sites is 1. The average molecular weight is 355 g/mol. The number of alkyl halides is 3. The molecule has 0 unspecified atom stereocenters. The van der Waals surface area contributed by atoms with Gasteiger partial charge in [-0.1, -0.05) is 32.0 Å². The Hall–Kier alpha value is -2.89. The molecule has 0 spiro atoms. The van der Waals surface area contributed by atoms with E-state index in [9.17, 15) is 13.2 Å². The van der Waals surface area contributed by atoms with E-state index in [1.165, 1.54) is 12.3 Å². The summed E-state index contributed by atoms with van der Waals surface area (Å²) >= 11 is 0. The van der Waals surface area contributed by atoms with Crippen LogP contribution in [0, 0.1) is 0 Å². The van der Waals surface area contributed by atoms with Crippen molar-refractivity contribution in [3.8, 4) is 5.69 Å². The third-order valence-corrected chi connectivity index (χ3v) is 4.45. The van der Waals surface area contributed by atoms with Gasteiger partial charge in [0.1, 0.15) is 5.65 Å². The lowest BCUT2D eigenvalue weighted by atomic mass is 10.0. The standard InChI is InChI=1S/C20H16F3N3/c1-12(2)18-16(20(21,22)23)10-13(11-25-18)26-17-8-4-3-6-14(17)15-7-5-9-24-19(15)26/h3-12H,1-2H3. The number of fused-ring (bicyclic) bond motifs is 3. The van der Waals surface area contributed by atoms with E-state index in [1.807, 2.05) is 36.4 Å². The van der Waals surface area contributed by atoms with Gasteiger partial charge in [-0.15, -0.1) is 0 Å². The SMILES string of the molecule is CC(C)c1ncc(-n2c3ccccc3c3cccnc32)cc1C(F)(F)F. The maximum absolute atomic E-state index is 13.6. The van der Waals surface area contributed by atoms with Gasteiger partial charge in [-0.05, 0) is 30.2 Å². The Bertz CT molecular complexity index is 1060. The van der Waals surface area contributed by atoms with E-state index in [0.717, 1.165) is 16.3 Å². The van der Waals surface area contributed by atoms with Crippen LogP contribution in [0.1, 0.15) is 31.0 Å². The molecule has 4 rings (SSSR count). The monoisotopic (exact) mass is 355 g/mol. The van der Waals surface area contributed by atoms with E-state index in [4.69, 9.17) is 0 Å². The molecule has 3 heterocycles. The quantitative estimate of drug-likeness (QED) is 0.461. The first-order valence-corrected chi connectivity index (χ1v) is 8.29. The molecule has 3 aromatic heterocycles. The fourth-order valence-electron chi connectivity index (χ4n) is 3.33. The number of halogens is 3. The third kappa shape index (κ3) is 2.53. The van der Waals surface area contributed by atoms with Gasteiger partial charge in [-0.25, -0.2) is 4.98 Å². The lowest BCUT2D eigenvalue weighted by molar-refractivity contribution is -0.138. The molecule has 0 aliphatic rings. The first kappa shape index (κ1) is 16.6. The number of hydrogen-bond donors (Lipinski definition) is 0. The molecule has 3 nitrogen and oxygen atoms in total. The van der Waals surface area contributed by atoms with Crippen LogP contribution in [0.5, 0.6) is 0 Å². The summed E-state index contributed by atoms with van der Waals surface area (Å²) in [6.07, 6.45) is -1.34. The molecule has 0 amide bonds. The molecule has 0 saturated carbocycles. The van der Waals surface area contributed by atoms with Crippen LogP contribution in [0.3, 0.4) is 0 Å². The Kier molecular flexibility index (Phi) is 3.72. The highest BCUT2D eigenvalue weighted by atomic mass is 19.4. The smallest absolute Gasteiger partial charge is 0.292 e. The van der Waals surface area contributed by atoms with Crippen LogP contribution in [-0.4, -0.2) is 14.5 Å². The summed E-state index contributed by atoms with van der Waals surface area (Å²) in [5, 5.41) is 1.83. The zero-order valence-electron chi connectivity index (χ0n) is 14.2. The largest absolute Gasteiger partial charge is 0.418 e. The summed E-state index contributed by atoms with van der Waals surface area (Å²) in [4.78, 5) is 8.54. The van der Waals surface area contributed by atoms with Gasteiger partial charge in [-0.2, -0.15) is 13.2 Å². The van der Waals surface area contributed by atoms with Crippen molar-refractivity contribution < 1.29 is 13.2 Å². The molecule has 132 valence electrons. The van der Waals surface area contributed by atoms with Gasteiger partial charge >= 0.3 is 6.18 Å². The van der Waals surface area contributed by atoms with Crippen molar-refractivity contribution in [1.29, 1.82) is 0 Å². The van der Waals surface area contributed by atoms with Crippen molar-refractivity contribution in [1.82, 2.24) is 14.5 Å². The van der Waals surface area contributed by atoms with E-state index >= 15 is 0 Å². The normalized spacial score (nSPS) is 12.4. The zero-order chi connectivity index (χ0) is 18.5.